The third-order valence-corrected chi connectivity index (χ3v) is 6.70. The van der Waals surface area contributed by atoms with Crippen LogP contribution < -0.4 is 5.32 Å². The molecule has 3 aliphatic heterocycles. The molecule has 0 aromatic heterocycles. The van der Waals surface area contributed by atoms with E-state index >= 15 is 0 Å². The fourth-order valence-corrected chi connectivity index (χ4v) is 4.96. The summed E-state index contributed by atoms with van der Waals surface area (Å²) in [4.78, 5) is 23.2. The van der Waals surface area contributed by atoms with Crippen LogP contribution in [0.4, 0.5) is 0 Å². The van der Waals surface area contributed by atoms with Crippen molar-refractivity contribution in [2.75, 3.05) is 26.2 Å². The summed E-state index contributed by atoms with van der Waals surface area (Å²) in [6.45, 7) is 5.19. The molecule has 5 rings (SSSR count). The van der Waals surface area contributed by atoms with E-state index in [1.807, 2.05) is 30.3 Å². The average molecular weight is 419 g/mol. The fourth-order valence-electron chi connectivity index (χ4n) is 4.96. The number of rotatable bonds is 5. The van der Waals surface area contributed by atoms with Gasteiger partial charge in [-0.2, -0.15) is 0 Å². The standard InChI is InChI=1S/C25H30N4O2/c30-25(26-15-19-7-3-1-4-8-19)21-11-13-29(14-12-21)24-22-17-28(18-23(22)31-27-24)16-20-9-5-2-6-10-20/h1-10,21-23H,11-18H2,(H,26,30)/t22-,23-/m0/s1. The zero-order valence-corrected chi connectivity index (χ0v) is 17.8. The van der Waals surface area contributed by atoms with Crippen LogP contribution in [-0.4, -0.2) is 53.8 Å². The minimum atomic E-state index is 0.0804. The van der Waals surface area contributed by atoms with Crippen LogP contribution in [-0.2, 0) is 22.7 Å². The lowest BCUT2D eigenvalue weighted by Gasteiger charge is -2.33. The molecule has 0 bridgehead atoms. The lowest BCUT2D eigenvalue weighted by Crippen LogP contribution is -2.45. The van der Waals surface area contributed by atoms with E-state index in [1.165, 1.54) is 5.56 Å². The summed E-state index contributed by atoms with van der Waals surface area (Å²) in [5.74, 6) is 1.67. The number of oxime groups is 1. The summed E-state index contributed by atoms with van der Waals surface area (Å²) in [6, 6.07) is 20.7. The van der Waals surface area contributed by atoms with Crippen molar-refractivity contribution in [1.29, 1.82) is 0 Å². The lowest BCUT2D eigenvalue weighted by molar-refractivity contribution is -0.126. The van der Waals surface area contributed by atoms with E-state index in [2.05, 4.69) is 50.6 Å². The summed E-state index contributed by atoms with van der Waals surface area (Å²) >= 11 is 0. The molecule has 1 N–H and O–H groups in total. The Morgan fingerprint density at radius 1 is 0.968 bits per heavy atom. The Labute approximate surface area is 183 Å². The van der Waals surface area contributed by atoms with Crippen LogP contribution in [0.15, 0.2) is 65.8 Å². The van der Waals surface area contributed by atoms with Crippen molar-refractivity contribution in [2.24, 2.45) is 17.0 Å². The minimum absolute atomic E-state index is 0.0804. The highest BCUT2D eigenvalue weighted by molar-refractivity contribution is 5.87. The summed E-state index contributed by atoms with van der Waals surface area (Å²) in [6.07, 6.45) is 1.89. The molecular formula is C25H30N4O2. The number of benzene rings is 2. The molecule has 0 aliphatic carbocycles. The molecular weight excluding hydrogens is 388 g/mol. The van der Waals surface area contributed by atoms with Crippen molar-refractivity contribution in [2.45, 2.75) is 32.0 Å². The first-order valence-corrected chi connectivity index (χ1v) is 11.3. The SMILES string of the molecule is O=C(NCc1ccccc1)C1CCN(C2=NO[C@H]3CN(Cc4ccccc4)C[C@H]23)CC1. The maximum absolute atomic E-state index is 12.6. The molecule has 2 aromatic carbocycles. The van der Waals surface area contributed by atoms with Gasteiger partial charge in [0.1, 0.15) is 0 Å². The summed E-state index contributed by atoms with van der Waals surface area (Å²) in [7, 11) is 0. The smallest absolute Gasteiger partial charge is 0.223 e. The van der Waals surface area contributed by atoms with Gasteiger partial charge in [0.25, 0.3) is 0 Å². The van der Waals surface area contributed by atoms with Gasteiger partial charge < -0.3 is 15.1 Å². The number of carbonyl (C=O) groups excluding carboxylic acids is 1. The fraction of sp³-hybridized carbons (Fsp3) is 0.440. The Morgan fingerprint density at radius 2 is 1.65 bits per heavy atom. The van der Waals surface area contributed by atoms with Crippen molar-refractivity contribution < 1.29 is 9.63 Å². The Bertz CT molecular complexity index is 910. The predicted molar refractivity (Wildman–Crippen MR) is 120 cm³/mol. The monoisotopic (exact) mass is 418 g/mol. The molecule has 2 fully saturated rings. The van der Waals surface area contributed by atoms with Crippen LogP contribution in [0.5, 0.6) is 0 Å². The number of hydrogen-bond acceptors (Lipinski definition) is 5. The number of hydrogen-bond donors (Lipinski definition) is 1. The van der Waals surface area contributed by atoms with Crippen molar-refractivity contribution >= 4 is 11.7 Å². The minimum Gasteiger partial charge on any atom is -0.389 e. The molecule has 3 aliphatic rings. The molecule has 2 aromatic rings. The Kier molecular flexibility index (Phi) is 5.89. The maximum Gasteiger partial charge on any atom is 0.223 e. The van der Waals surface area contributed by atoms with Gasteiger partial charge in [-0.1, -0.05) is 65.8 Å². The molecule has 6 heteroatoms. The Morgan fingerprint density at radius 3 is 2.35 bits per heavy atom. The van der Waals surface area contributed by atoms with Gasteiger partial charge >= 0.3 is 0 Å². The molecule has 0 spiro atoms. The number of amidine groups is 1. The molecule has 0 unspecified atom stereocenters. The zero-order chi connectivity index (χ0) is 21.0. The van der Waals surface area contributed by atoms with E-state index in [-0.39, 0.29) is 17.9 Å². The van der Waals surface area contributed by atoms with Gasteiger partial charge in [0.2, 0.25) is 5.91 Å². The second-order valence-corrected chi connectivity index (χ2v) is 8.84. The van der Waals surface area contributed by atoms with Gasteiger partial charge in [-0.15, -0.1) is 0 Å². The van der Waals surface area contributed by atoms with Crippen molar-refractivity contribution in [1.82, 2.24) is 15.1 Å². The zero-order valence-electron chi connectivity index (χ0n) is 17.8. The topological polar surface area (TPSA) is 57.2 Å². The normalized spacial score (nSPS) is 23.9. The molecule has 0 radical (unpaired) electrons. The van der Waals surface area contributed by atoms with E-state index in [4.69, 9.17) is 4.84 Å². The highest BCUT2D eigenvalue weighted by Crippen LogP contribution is 2.31. The lowest BCUT2D eigenvalue weighted by atomic mass is 9.94. The molecule has 2 atom stereocenters. The number of likely N-dealkylation sites (tertiary alicyclic amines) is 2. The van der Waals surface area contributed by atoms with Gasteiger partial charge in [-0.25, -0.2) is 0 Å². The van der Waals surface area contributed by atoms with Gasteiger partial charge in [0, 0.05) is 45.2 Å². The van der Waals surface area contributed by atoms with Crippen molar-refractivity contribution in [3.63, 3.8) is 0 Å². The Hall–Kier alpha value is -2.86. The number of carbonyl (C=O) groups is 1. The van der Waals surface area contributed by atoms with Crippen LogP contribution in [0.25, 0.3) is 0 Å². The number of fused-ring (bicyclic) bond motifs is 1. The van der Waals surface area contributed by atoms with Crippen LogP contribution in [0.3, 0.4) is 0 Å². The van der Waals surface area contributed by atoms with Crippen LogP contribution in [0.2, 0.25) is 0 Å². The van der Waals surface area contributed by atoms with Crippen LogP contribution in [0, 0.1) is 11.8 Å². The van der Waals surface area contributed by atoms with Crippen molar-refractivity contribution in [3.8, 4) is 0 Å². The van der Waals surface area contributed by atoms with E-state index in [0.29, 0.717) is 12.5 Å². The summed E-state index contributed by atoms with van der Waals surface area (Å²) in [5.41, 5.74) is 2.47. The quantitative estimate of drug-likeness (QED) is 0.811. The third-order valence-electron chi connectivity index (χ3n) is 6.70. The molecule has 6 nitrogen and oxygen atoms in total. The highest BCUT2D eigenvalue weighted by Gasteiger charge is 2.44. The molecule has 31 heavy (non-hydrogen) atoms. The van der Waals surface area contributed by atoms with E-state index in [0.717, 1.165) is 57.0 Å². The van der Waals surface area contributed by atoms with Crippen molar-refractivity contribution in [3.05, 3.63) is 71.8 Å². The van der Waals surface area contributed by atoms with E-state index < -0.39 is 0 Å². The largest absolute Gasteiger partial charge is 0.389 e. The molecule has 0 saturated carbocycles. The average Bonchev–Trinajstić information content (AvgIpc) is 3.39. The maximum atomic E-state index is 12.6. The van der Waals surface area contributed by atoms with Gasteiger partial charge in [0.05, 0.1) is 5.92 Å². The van der Waals surface area contributed by atoms with Gasteiger partial charge in [-0.3, -0.25) is 9.69 Å². The van der Waals surface area contributed by atoms with Gasteiger partial charge in [0.15, 0.2) is 11.9 Å². The second kappa shape index (κ2) is 9.10. The molecule has 1 amide bonds. The van der Waals surface area contributed by atoms with Gasteiger partial charge in [-0.05, 0) is 24.0 Å². The van der Waals surface area contributed by atoms with E-state index in [1.54, 1.807) is 0 Å². The highest BCUT2D eigenvalue weighted by atomic mass is 16.6. The predicted octanol–water partition coefficient (Wildman–Crippen LogP) is 2.86. The number of amides is 1. The molecule has 162 valence electrons. The number of piperidine rings is 1. The molecule has 3 heterocycles. The second-order valence-electron chi connectivity index (χ2n) is 8.84. The summed E-state index contributed by atoms with van der Waals surface area (Å²) < 4.78 is 0. The number of nitrogens with zero attached hydrogens (tertiary/aromatic N) is 3. The summed E-state index contributed by atoms with van der Waals surface area (Å²) in [5, 5.41) is 7.55. The Balaban J connectivity index is 1.10. The number of nitrogens with one attached hydrogen (secondary N) is 1. The third kappa shape index (κ3) is 4.59. The first-order valence-electron chi connectivity index (χ1n) is 11.3. The molecule has 2 saturated heterocycles. The first kappa shape index (κ1) is 20.1. The van der Waals surface area contributed by atoms with Crippen LogP contribution >= 0.6 is 0 Å². The van der Waals surface area contributed by atoms with E-state index in [9.17, 15) is 4.79 Å². The first-order chi connectivity index (χ1) is 15.3. The van der Waals surface area contributed by atoms with Crippen LogP contribution in [0.1, 0.15) is 24.0 Å².